The van der Waals surface area contributed by atoms with Crippen molar-refractivity contribution in [1.82, 2.24) is 9.71 Å². The van der Waals surface area contributed by atoms with Crippen molar-refractivity contribution in [3.05, 3.63) is 23.9 Å². The van der Waals surface area contributed by atoms with Gasteiger partial charge in [-0.2, -0.15) is 0 Å². The number of anilines is 1. The quantitative estimate of drug-likeness (QED) is 0.609. The van der Waals surface area contributed by atoms with Crippen molar-refractivity contribution in [3.63, 3.8) is 0 Å². The molecule has 0 radical (unpaired) electrons. The number of pyridine rings is 1. The minimum absolute atomic E-state index is 0.0275. The first kappa shape index (κ1) is 14.4. The lowest BCUT2D eigenvalue weighted by Gasteiger charge is -2.07. The van der Waals surface area contributed by atoms with Gasteiger partial charge in [-0.25, -0.2) is 22.9 Å². The number of carboxylic acid groups (broad SMARTS) is 1. The van der Waals surface area contributed by atoms with Crippen LogP contribution in [0.4, 0.5) is 5.82 Å². The maximum atomic E-state index is 11.1. The Morgan fingerprint density at radius 2 is 2.11 bits per heavy atom. The first-order valence-corrected chi connectivity index (χ1v) is 7.01. The summed E-state index contributed by atoms with van der Waals surface area (Å²) >= 11 is 0. The molecule has 1 aromatic heterocycles. The van der Waals surface area contributed by atoms with Crippen molar-refractivity contribution < 1.29 is 18.3 Å². The Morgan fingerprint density at radius 1 is 1.39 bits per heavy atom. The van der Waals surface area contributed by atoms with Gasteiger partial charge in [-0.3, -0.25) is 0 Å². The Morgan fingerprint density at radius 3 is 2.72 bits per heavy atom. The van der Waals surface area contributed by atoms with Crippen molar-refractivity contribution in [2.45, 2.75) is 6.92 Å². The molecule has 8 heteroatoms. The largest absolute Gasteiger partial charge is 0.477 e. The fourth-order valence-corrected chi connectivity index (χ4v) is 1.77. The summed E-state index contributed by atoms with van der Waals surface area (Å²) in [6.45, 7) is 2.10. The zero-order valence-corrected chi connectivity index (χ0v) is 10.7. The summed E-state index contributed by atoms with van der Waals surface area (Å²) in [5, 5.41) is 11.6. The molecule has 0 saturated heterocycles. The number of rotatable bonds is 7. The van der Waals surface area contributed by atoms with Crippen molar-refractivity contribution in [2.75, 3.05) is 24.2 Å². The molecule has 100 valence electrons. The van der Waals surface area contributed by atoms with E-state index < -0.39 is 16.0 Å². The number of nitrogens with one attached hydrogen (secondary N) is 2. The summed E-state index contributed by atoms with van der Waals surface area (Å²) in [4.78, 5) is 14.5. The highest BCUT2D eigenvalue weighted by Crippen LogP contribution is 2.04. The monoisotopic (exact) mass is 273 g/mol. The molecule has 0 saturated carbocycles. The summed E-state index contributed by atoms with van der Waals surface area (Å²) < 4.78 is 24.6. The Balaban J connectivity index is 2.45. The molecule has 0 aromatic carbocycles. The first-order valence-electron chi connectivity index (χ1n) is 5.36. The molecule has 0 bridgehead atoms. The predicted molar refractivity (Wildman–Crippen MR) is 67.1 cm³/mol. The minimum Gasteiger partial charge on any atom is -0.477 e. The average Bonchev–Trinajstić information content (AvgIpc) is 2.35. The van der Waals surface area contributed by atoms with Crippen LogP contribution in [0.2, 0.25) is 0 Å². The van der Waals surface area contributed by atoms with Crippen LogP contribution in [0, 0.1) is 0 Å². The normalized spacial score (nSPS) is 11.2. The second kappa shape index (κ2) is 6.31. The van der Waals surface area contributed by atoms with Gasteiger partial charge >= 0.3 is 5.97 Å². The standard InChI is InChI=1S/C10H15N3O4S/c1-2-18(16,17)12-7-6-11-9-5-3-4-8(13-9)10(14)15/h3-5,12H,2,6-7H2,1H3,(H,11,13)(H,14,15). The van der Waals surface area contributed by atoms with Gasteiger partial charge < -0.3 is 10.4 Å². The highest BCUT2D eigenvalue weighted by molar-refractivity contribution is 7.89. The third kappa shape index (κ3) is 4.68. The smallest absolute Gasteiger partial charge is 0.354 e. The van der Waals surface area contributed by atoms with Crippen LogP contribution >= 0.6 is 0 Å². The first-order chi connectivity index (χ1) is 8.44. The van der Waals surface area contributed by atoms with E-state index in [1.807, 2.05) is 0 Å². The molecule has 0 unspecified atom stereocenters. The second-order valence-corrected chi connectivity index (χ2v) is 5.53. The number of sulfonamides is 1. The zero-order chi connectivity index (χ0) is 13.6. The van der Waals surface area contributed by atoms with E-state index >= 15 is 0 Å². The van der Waals surface area contributed by atoms with Crippen LogP contribution in [-0.4, -0.2) is 43.3 Å². The van der Waals surface area contributed by atoms with E-state index in [0.29, 0.717) is 12.4 Å². The highest BCUT2D eigenvalue weighted by atomic mass is 32.2. The fraction of sp³-hybridized carbons (Fsp3) is 0.400. The molecule has 1 heterocycles. The molecule has 18 heavy (non-hydrogen) atoms. The third-order valence-corrected chi connectivity index (χ3v) is 3.51. The molecule has 0 aliphatic heterocycles. The summed E-state index contributed by atoms with van der Waals surface area (Å²) in [7, 11) is -3.20. The average molecular weight is 273 g/mol. The van der Waals surface area contributed by atoms with E-state index in [2.05, 4.69) is 15.0 Å². The third-order valence-electron chi connectivity index (χ3n) is 2.10. The van der Waals surface area contributed by atoms with Crippen LogP contribution in [0.25, 0.3) is 0 Å². The van der Waals surface area contributed by atoms with Gasteiger partial charge in [-0.15, -0.1) is 0 Å². The number of aromatic carboxylic acids is 1. The van der Waals surface area contributed by atoms with Gasteiger partial charge in [-0.1, -0.05) is 6.07 Å². The summed E-state index contributed by atoms with van der Waals surface area (Å²) in [5.74, 6) is -0.685. The molecule has 0 fully saturated rings. The number of carboxylic acids is 1. The Kier molecular flexibility index (Phi) is 5.05. The lowest BCUT2D eigenvalue weighted by atomic mass is 10.3. The molecule has 0 aliphatic rings. The molecular formula is C10H15N3O4S. The van der Waals surface area contributed by atoms with E-state index in [-0.39, 0.29) is 18.0 Å². The van der Waals surface area contributed by atoms with Crippen molar-refractivity contribution in [2.24, 2.45) is 0 Å². The van der Waals surface area contributed by atoms with E-state index in [0.717, 1.165) is 0 Å². The van der Waals surface area contributed by atoms with Crippen LogP contribution in [0.1, 0.15) is 17.4 Å². The van der Waals surface area contributed by atoms with Gasteiger partial charge in [0.15, 0.2) is 5.69 Å². The molecule has 0 spiro atoms. The van der Waals surface area contributed by atoms with Crippen LogP contribution in [0.3, 0.4) is 0 Å². The van der Waals surface area contributed by atoms with E-state index in [1.165, 1.54) is 6.07 Å². The molecule has 1 rings (SSSR count). The van der Waals surface area contributed by atoms with E-state index in [9.17, 15) is 13.2 Å². The molecule has 0 aliphatic carbocycles. The van der Waals surface area contributed by atoms with E-state index in [1.54, 1.807) is 19.1 Å². The highest BCUT2D eigenvalue weighted by Gasteiger charge is 2.06. The second-order valence-electron chi connectivity index (χ2n) is 3.44. The van der Waals surface area contributed by atoms with Gasteiger partial charge in [0.1, 0.15) is 5.82 Å². The summed E-state index contributed by atoms with van der Waals surface area (Å²) in [6.07, 6.45) is 0. The zero-order valence-electron chi connectivity index (χ0n) is 9.88. The van der Waals surface area contributed by atoms with Crippen LogP contribution in [0.5, 0.6) is 0 Å². The Bertz CT molecular complexity index is 516. The topological polar surface area (TPSA) is 108 Å². The Labute approximate surface area is 105 Å². The van der Waals surface area contributed by atoms with Crippen LogP contribution < -0.4 is 10.0 Å². The van der Waals surface area contributed by atoms with Gasteiger partial charge in [-0.05, 0) is 19.1 Å². The number of hydrogen-bond acceptors (Lipinski definition) is 5. The number of hydrogen-bond donors (Lipinski definition) is 3. The van der Waals surface area contributed by atoms with Crippen molar-refractivity contribution in [1.29, 1.82) is 0 Å². The van der Waals surface area contributed by atoms with Crippen LogP contribution in [-0.2, 0) is 10.0 Å². The number of aromatic nitrogens is 1. The summed E-state index contributed by atoms with van der Waals surface area (Å²) in [6, 6.07) is 4.56. The maximum absolute atomic E-state index is 11.1. The molecule has 0 amide bonds. The van der Waals surface area contributed by atoms with Gasteiger partial charge in [0.05, 0.1) is 5.75 Å². The lowest BCUT2D eigenvalue weighted by molar-refractivity contribution is 0.0690. The van der Waals surface area contributed by atoms with Crippen LogP contribution in [0.15, 0.2) is 18.2 Å². The Hall–Kier alpha value is -1.67. The molecule has 0 atom stereocenters. The lowest BCUT2D eigenvalue weighted by Crippen LogP contribution is -2.30. The van der Waals surface area contributed by atoms with E-state index in [4.69, 9.17) is 5.11 Å². The van der Waals surface area contributed by atoms with Gasteiger partial charge in [0.25, 0.3) is 0 Å². The van der Waals surface area contributed by atoms with Gasteiger partial charge in [0.2, 0.25) is 10.0 Å². The maximum Gasteiger partial charge on any atom is 0.354 e. The molecule has 7 nitrogen and oxygen atoms in total. The SMILES string of the molecule is CCS(=O)(=O)NCCNc1cccc(C(=O)O)n1. The number of nitrogens with zero attached hydrogens (tertiary/aromatic N) is 1. The molecular weight excluding hydrogens is 258 g/mol. The van der Waals surface area contributed by atoms with Gasteiger partial charge in [0, 0.05) is 13.1 Å². The predicted octanol–water partition coefficient (Wildman–Crippen LogP) is 0.131. The molecule has 3 N–H and O–H groups in total. The minimum atomic E-state index is -3.20. The summed E-state index contributed by atoms with van der Waals surface area (Å²) in [5.41, 5.74) is -0.0610. The number of carbonyl (C=O) groups is 1. The van der Waals surface area contributed by atoms with Crippen molar-refractivity contribution in [3.8, 4) is 0 Å². The fourth-order valence-electron chi connectivity index (χ4n) is 1.15. The van der Waals surface area contributed by atoms with Crippen molar-refractivity contribution >= 4 is 21.8 Å². The molecule has 1 aromatic rings.